The lowest BCUT2D eigenvalue weighted by molar-refractivity contribution is -0.139. The molecule has 2 rings (SSSR count). The second kappa shape index (κ2) is 5.89. The average Bonchev–Trinajstić information content (AvgIpc) is 2.40. The highest BCUT2D eigenvalue weighted by Gasteiger charge is 2.34. The highest BCUT2D eigenvalue weighted by Crippen LogP contribution is 2.33. The molecular weight excluding hydrogens is 313 g/mol. The van der Waals surface area contributed by atoms with Crippen LogP contribution in [0.5, 0.6) is 0 Å². The number of benzene rings is 2. The monoisotopic (exact) mass is 321 g/mol. The SMILES string of the molecule is Fc1ccc(Cl)cc1CNc1ccc(F)c(C(F)(F)F)c1. The molecule has 1 nitrogen and oxygen atoms in total. The Morgan fingerprint density at radius 1 is 0.952 bits per heavy atom. The summed E-state index contributed by atoms with van der Waals surface area (Å²) in [6.07, 6.45) is -4.79. The van der Waals surface area contributed by atoms with Crippen LogP contribution in [0.1, 0.15) is 11.1 Å². The van der Waals surface area contributed by atoms with Gasteiger partial charge in [0.25, 0.3) is 0 Å². The molecule has 0 unspecified atom stereocenters. The molecule has 0 spiro atoms. The van der Waals surface area contributed by atoms with Gasteiger partial charge in [-0.1, -0.05) is 11.6 Å². The van der Waals surface area contributed by atoms with E-state index in [9.17, 15) is 22.0 Å². The van der Waals surface area contributed by atoms with Gasteiger partial charge in [0.05, 0.1) is 5.56 Å². The van der Waals surface area contributed by atoms with Crippen molar-refractivity contribution in [1.82, 2.24) is 0 Å². The summed E-state index contributed by atoms with van der Waals surface area (Å²) in [5.74, 6) is -1.90. The molecule has 0 amide bonds. The first kappa shape index (κ1) is 15.6. The van der Waals surface area contributed by atoms with Crippen molar-refractivity contribution in [3.63, 3.8) is 0 Å². The standard InChI is InChI=1S/C14H9ClF5N/c15-9-1-3-12(16)8(5-9)7-21-10-2-4-13(17)11(6-10)14(18,19)20/h1-6,21H,7H2. The third kappa shape index (κ3) is 3.85. The second-order valence-electron chi connectivity index (χ2n) is 4.28. The van der Waals surface area contributed by atoms with E-state index in [1.54, 1.807) is 0 Å². The first-order chi connectivity index (χ1) is 9.77. The summed E-state index contributed by atoms with van der Waals surface area (Å²) in [4.78, 5) is 0. The van der Waals surface area contributed by atoms with E-state index in [-0.39, 0.29) is 17.8 Å². The zero-order valence-corrected chi connectivity index (χ0v) is 11.2. The summed E-state index contributed by atoms with van der Waals surface area (Å²) in [6, 6.07) is 6.37. The van der Waals surface area contributed by atoms with Crippen molar-refractivity contribution >= 4 is 17.3 Å². The molecular formula is C14H9ClF5N. The molecule has 0 aromatic heterocycles. The van der Waals surface area contributed by atoms with Gasteiger partial charge in [-0.05, 0) is 36.4 Å². The van der Waals surface area contributed by atoms with Crippen molar-refractivity contribution in [2.45, 2.75) is 12.7 Å². The highest BCUT2D eigenvalue weighted by atomic mass is 35.5. The molecule has 0 aliphatic carbocycles. The normalized spacial score (nSPS) is 11.5. The smallest absolute Gasteiger partial charge is 0.381 e. The van der Waals surface area contributed by atoms with Crippen LogP contribution < -0.4 is 5.32 Å². The van der Waals surface area contributed by atoms with Gasteiger partial charge in [-0.2, -0.15) is 13.2 Å². The third-order valence-electron chi connectivity index (χ3n) is 2.76. The van der Waals surface area contributed by atoms with Gasteiger partial charge in [0, 0.05) is 22.8 Å². The molecule has 0 saturated carbocycles. The van der Waals surface area contributed by atoms with Gasteiger partial charge < -0.3 is 5.32 Å². The number of halogens is 6. The van der Waals surface area contributed by atoms with Crippen LogP contribution in [0, 0.1) is 11.6 Å². The summed E-state index contributed by atoms with van der Waals surface area (Å²) >= 11 is 5.71. The average molecular weight is 322 g/mol. The van der Waals surface area contributed by atoms with E-state index >= 15 is 0 Å². The highest BCUT2D eigenvalue weighted by molar-refractivity contribution is 6.30. The lowest BCUT2D eigenvalue weighted by atomic mass is 10.1. The maximum absolute atomic E-state index is 13.5. The topological polar surface area (TPSA) is 12.0 Å². The predicted molar refractivity (Wildman–Crippen MR) is 70.1 cm³/mol. The Morgan fingerprint density at radius 2 is 1.62 bits per heavy atom. The molecule has 2 aromatic rings. The fourth-order valence-corrected chi connectivity index (χ4v) is 1.92. The first-order valence-electron chi connectivity index (χ1n) is 5.82. The zero-order chi connectivity index (χ0) is 15.6. The molecule has 0 aliphatic heterocycles. The van der Waals surface area contributed by atoms with E-state index in [0.29, 0.717) is 17.2 Å². The zero-order valence-electron chi connectivity index (χ0n) is 10.4. The second-order valence-corrected chi connectivity index (χ2v) is 4.72. The van der Waals surface area contributed by atoms with Crippen molar-refractivity contribution in [3.8, 4) is 0 Å². The van der Waals surface area contributed by atoms with Gasteiger partial charge in [-0.25, -0.2) is 8.78 Å². The molecule has 0 saturated heterocycles. The Hall–Kier alpha value is -1.82. The molecule has 112 valence electrons. The van der Waals surface area contributed by atoms with E-state index in [1.165, 1.54) is 12.1 Å². The quantitative estimate of drug-likeness (QED) is 0.761. The lowest BCUT2D eigenvalue weighted by Gasteiger charge is -2.12. The molecule has 0 atom stereocenters. The number of alkyl halides is 3. The lowest BCUT2D eigenvalue weighted by Crippen LogP contribution is -2.09. The summed E-state index contributed by atoms with van der Waals surface area (Å²) in [5.41, 5.74) is -1.15. The van der Waals surface area contributed by atoms with Crippen molar-refractivity contribution in [1.29, 1.82) is 0 Å². The minimum Gasteiger partial charge on any atom is -0.381 e. The van der Waals surface area contributed by atoms with Crippen LogP contribution >= 0.6 is 11.6 Å². The van der Waals surface area contributed by atoms with Crippen LogP contribution in [-0.4, -0.2) is 0 Å². The number of hydrogen-bond donors (Lipinski definition) is 1. The summed E-state index contributed by atoms with van der Waals surface area (Å²) < 4.78 is 64.3. The Bertz CT molecular complexity index is 654. The molecule has 0 bridgehead atoms. The maximum Gasteiger partial charge on any atom is 0.419 e. The number of rotatable bonds is 3. The molecule has 2 aromatic carbocycles. The largest absolute Gasteiger partial charge is 0.419 e. The van der Waals surface area contributed by atoms with Gasteiger partial charge in [-0.15, -0.1) is 0 Å². The summed E-state index contributed by atoms with van der Waals surface area (Å²) in [6.45, 7) is -0.0741. The summed E-state index contributed by atoms with van der Waals surface area (Å²) in [7, 11) is 0. The number of anilines is 1. The van der Waals surface area contributed by atoms with Gasteiger partial charge in [0.1, 0.15) is 11.6 Å². The minimum atomic E-state index is -4.79. The van der Waals surface area contributed by atoms with Crippen molar-refractivity contribution in [2.75, 3.05) is 5.32 Å². The maximum atomic E-state index is 13.5. The van der Waals surface area contributed by atoms with E-state index in [2.05, 4.69) is 5.32 Å². The Labute approximate surface area is 122 Å². The molecule has 0 fully saturated rings. The minimum absolute atomic E-state index is 0.0306. The third-order valence-corrected chi connectivity index (χ3v) is 3.00. The molecule has 0 aliphatic rings. The molecule has 0 heterocycles. The van der Waals surface area contributed by atoms with Gasteiger partial charge in [-0.3, -0.25) is 0 Å². The van der Waals surface area contributed by atoms with Gasteiger partial charge in [0.2, 0.25) is 0 Å². The van der Waals surface area contributed by atoms with Crippen LogP contribution in [0.3, 0.4) is 0 Å². The number of hydrogen-bond acceptors (Lipinski definition) is 1. The van der Waals surface area contributed by atoms with Crippen LogP contribution in [0.15, 0.2) is 36.4 Å². The van der Waals surface area contributed by atoms with Crippen molar-refractivity contribution in [3.05, 3.63) is 64.2 Å². The van der Waals surface area contributed by atoms with E-state index in [1.807, 2.05) is 0 Å². The van der Waals surface area contributed by atoms with Crippen LogP contribution in [0.2, 0.25) is 5.02 Å². The number of nitrogens with one attached hydrogen (secondary N) is 1. The van der Waals surface area contributed by atoms with Gasteiger partial charge >= 0.3 is 6.18 Å². The van der Waals surface area contributed by atoms with E-state index < -0.39 is 23.4 Å². The van der Waals surface area contributed by atoms with Gasteiger partial charge in [0.15, 0.2) is 0 Å². The van der Waals surface area contributed by atoms with E-state index in [0.717, 1.165) is 12.1 Å². The first-order valence-corrected chi connectivity index (χ1v) is 6.20. The Kier molecular flexibility index (Phi) is 4.37. The van der Waals surface area contributed by atoms with Crippen molar-refractivity contribution in [2.24, 2.45) is 0 Å². The Morgan fingerprint density at radius 3 is 2.29 bits per heavy atom. The Balaban J connectivity index is 2.19. The predicted octanol–water partition coefficient (Wildman–Crippen LogP) is 5.25. The van der Waals surface area contributed by atoms with Crippen LogP contribution in [-0.2, 0) is 12.7 Å². The van der Waals surface area contributed by atoms with E-state index in [4.69, 9.17) is 11.6 Å². The molecule has 7 heteroatoms. The molecule has 0 radical (unpaired) electrons. The van der Waals surface area contributed by atoms with Crippen LogP contribution in [0.4, 0.5) is 27.6 Å². The molecule has 21 heavy (non-hydrogen) atoms. The molecule has 1 N–H and O–H groups in total. The van der Waals surface area contributed by atoms with Crippen molar-refractivity contribution < 1.29 is 22.0 Å². The summed E-state index contributed by atoms with van der Waals surface area (Å²) in [5, 5.41) is 2.91. The van der Waals surface area contributed by atoms with Crippen LogP contribution in [0.25, 0.3) is 0 Å². The fraction of sp³-hybridized carbons (Fsp3) is 0.143. The fourth-order valence-electron chi connectivity index (χ4n) is 1.73.